The number of aryl methyl sites for hydroxylation is 2. The molecule has 0 spiro atoms. The molecular weight excluding hydrogens is 438 g/mol. The van der Waals surface area contributed by atoms with Gasteiger partial charge in [0.15, 0.2) is 0 Å². The van der Waals surface area contributed by atoms with Gasteiger partial charge in [-0.2, -0.15) is 0 Å². The van der Waals surface area contributed by atoms with Gasteiger partial charge < -0.3 is 4.74 Å². The number of rotatable bonds is 5. The van der Waals surface area contributed by atoms with Crippen molar-refractivity contribution in [2.75, 3.05) is 6.61 Å². The summed E-state index contributed by atoms with van der Waals surface area (Å²) in [5, 5.41) is 0. The Balaban J connectivity index is 2.01. The monoisotopic (exact) mass is 463 g/mol. The van der Waals surface area contributed by atoms with E-state index >= 15 is 0 Å². The second-order valence-electron chi connectivity index (χ2n) is 8.10. The SMILES string of the molecule is CCOC(=O)C1c2cc(C)ccc2C(=O)N(S(=O)(=O)c2ccc(C)cc2)C1c1ccccc1. The fraction of sp³-hybridized carbons (Fsp3) is 0.231. The van der Waals surface area contributed by atoms with Crippen LogP contribution < -0.4 is 0 Å². The maximum absolute atomic E-state index is 13.8. The van der Waals surface area contributed by atoms with Crippen LogP contribution in [0.3, 0.4) is 0 Å². The van der Waals surface area contributed by atoms with Gasteiger partial charge >= 0.3 is 5.97 Å². The average Bonchev–Trinajstić information content (AvgIpc) is 2.79. The van der Waals surface area contributed by atoms with Crippen molar-refractivity contribution in [1.82, 2.24) is 4.31 Å². The first-order valence-corrected chi connectivity index (χ1v) is 12.2. The lowest BCUT2D eigenvalue weighted by atomic mass is 9.80. The highest BCUT2D eigenvalue weighted by Gasteiger charge is 2.50. The van der Waals surface area contributed by atoms with Crippen molar-refractivity contribution >= 4 is 21.9 Å². The Labute approximate surface area is 193 Å². The molecular formula is C26H25NO5S. The topological polar surface area (TPSA) is 80.8 Å². The molecule has 1 heterocycles. The van der Waals surface area contributed by atoms with Crippen LogP contribution in [0.15, 0.2) is 77.7 Å². The Morgan fingerprint density at radius 2 is 1.58 bits per heavy atom. The van der Waals surface area contributed by atoms with E-state index in [4.69, 9.17) is 4.74 Å². The van der Waals surface area contributed by atoms with Crippen molar-refractivity contribution in [3.63, 3.8) is 0 Å². The smallest absolute Gasteiger partial charge is 0.315 e. The molecule has 0 radical (unpaired) electrons. The summed E-state index contributed by atoms with van der Waals surface area (Å²) >= 11 is 0. The minimum Gasteiger partial charge on any atom is -0.465 e. The lowest BCUT2D eigenvalue weighted by molar-refractivity contribution is -0.146. The standard InChI is InChI=1S/C26H25NO5S/c1-4-32-26(29)23-22-16-18(3)12-15-21(22)25(28)27(24(23)19-8-6-5-7-9-19)33(30,31)20-13-10-17(2)11-14-20/h5-16,23-24H,4H2,1-3H3. The van der Waals surface area contributed by atoms with E-state index in [1.54, 1.807) is 67.6 Å². The number of esters is 1. The number of amides is 1. The molecule has 170 valence electrons. The van der Waals surface area contributed by atoms with E-state index in [9.17, 15) is 18.0 Å². The first kappa shape index (κ1) is 22.7. The molecule has 33 heavy (non-hydrogen) atoms. The summed E-state index contributed by atoms with van der Waals surface area (Å²) in [5.41, 5.74) is 2.94. The molecule has 1 amide bonds. The summed E-state index contributed by atoms with van der Waals surface area (Å²) in [5.74, 6) is -2.24. The van der Waals surface area contributed by atoms with Gasteiger partial charge in [-0.3, -0.25) is 9.59 Å². The Morgan fingerprint density at radius 3 is 2.21 bits per heavy atom. The maximum Gasteiger partial charge on any atom is 0.315 e. The van der Waals surface area contributed by atoms with Crippen molar-refractivity contribution in [3.05, 3.63) is 101 Å². The van der Waals surface area contributed by atoms with Crippen LogP contribution in [0.4, 0.5) is 0 Å². The molecule has 0 N–H and O–H groups in total. The molecule has 1 aliphatic rings. The summed E-state index contributed by atoms with van der Waals surface area (Å²) in [4.78, 5) is 27.0. The molecule has 3 aromatic rings. The molecule has 4 rings (SSSR count). The van der Waals surface area contributed by atoms with Crippen molar-refractivity contribution in [1.29, 1.82) is 0 Å². The van der Waals surface area contributed by atoms with Crippen LogP contribution in [0.1, 0.15) is 51.5 Å². The van der Waals surface area contributed by atoms with Crippen molar-refractivity contribution in [2.45, 2.75) is 37.6 Å². The molecule has 0 aromatic heterocycles. The molecule has 2 unspecified atom stereocenters. The third-order valence-electron chi connectivity index (χ3n) is 5.80. The van der Waals surface area contributed by atoms with Crippen LogP contribution in [0.5, 0.6) is 0 Å². The van der Waals surface area contributed by atoms with Gasteiger partial charge in [0.05, 0.1) is 17.5 Å². The van der Waals surface area contributed by atoms with E-state index in [2.05, 4.69) is 0 Å². The van der Waals surface area contributed by atoms with E-state index in [-0.39, 0.29) is 17.1 Å². The first-order valence-electron chi connectivity index (χ1n) is 10.7. The number of hydrogen-bond donors (Lipinski definition) is 0. The molecule has 2 atom stereocenters. The molecule has 0 bridgehead atoms. The largest absolute Gasteiger partial charge is 0.465 e. The van der Waals surface area contributed by atoms with E-state index in [0.29, 0.717) is 11.1 Å². The van der Waals surface area contributed by atoms with E-state index in [1.807, 2.05) is 13.8 Å². The number of carbonyl (C=O) groups is 2. The predicted octanol–water partition coefficient (Wildman–Crippen LogP) is 4.54. The summed E-state index contributed by atoms with van der Waals surface area (Å²) in [6.45, 7) is 5.54. The van der Waals surface area contributed by atoms with Gasteiger partial charge in [-0.05, 0) is 50.1 Å². The number of benzene rings is 3. The minimum atomic E-state index is -4.28. The highest BCUT2D eigenvalue weighted by molar-refractivity contribution is 7.89. The van der Waals surface area contributed by atoms with Crippen molar-refractivity contribution in [2.24, 2.45) is 0 Å². The van der Waals surface area contributed by atoms with E-state index < -0.39 is 33.9 Å². The molecule has 7 heteroatoms. The number of fused-ring (bicyclic) bond motifs is 1. The normalized spacial score (nSPS) is 18.0. The Hall–Kier alpha value is -3.45. The van der Waals surface area contributed by atoms with Crippen molar-refractivity contribution < 1.29 is 22.7 Å². The fourth-order valence-corrected chi connectivity index (χ4v) is 5.80. The minimum absolute atomic E-state index is 0.0134. The zero-order valence-corrected chi connectivity index (χ0v) is 19.5. The lowest BCUT2D eigenvalue weighted by Gasteiger charge is -2.40. The predicted molar refractivity (Wildman–Crippen MR) is 124 cm³/mol. The Morgan fingerprint density at radius 1 is 0.939 bits per heavy atom. The fourth-order valence-electron chi connectivity index (χ4n) is 4.23. The number of sulfonamides is 1. The number of carbonyl (C=O) groups excluding carboxylic acids is 2. The molecule has 6 nitrogen and oxygen atoms in total. The van der Waals surface area contributed by atoms with Gasteiger partial charge in [-0.1, -0.05) is 65.7 Å². The molecule has 0 fully saturated rings. The number of ether oxygens (including phenoxy) is 1. The average molecular weight is 464 g/mol. The quantitative estimate of drug-likeness (QED) is 0.519. The summed E-state index contributed by atoms with van der Waals surface area (Å²) in [6.07, 6.45) is 0. The second kappa shape index (κ2) is 8.83. The van der Waals surface area contributed by atoms with E-state index in [1.165, 1.54) is 12.1 Å². The molecule has 0 aliphatic carbocycles. The molecule has 0 saturated heterocycles. The van der Waals surface area contributed by atoms with Gasteiger partial charge in [0.25, 0.3) is 15.9 Å². The van der Waals surface area contributed by atoms with Gasteiger partial charge in [0, 0.05) is 5.56 Å². The number of nitrogens with zero attached hydrogens (tertiary/aromatic N) is 1. The third kappa shape index (κ3) is 4.04. The van der Waals surface area contributed by atoms with Crippen LogP contribution >= 0.6 is 0 Å². The Kier molecular flexibility index (Phi) is 6.08. The molecule has 1 aliphatic heterocycles. The van der Waals surface area contributed by atoms with Gasteiger partial charge in [-0.15, -0.1) is 0 Å². The van der Waals surface area contributed by atoms with Gasteiger partial charge in [0.2, 0.25) is 0 Å². The van der Waals surface area contributed by atoms with E-state index in [0.717, 1.165) is 15.4 Å². The first-order chi connectivity index (χ1) is 15.8. The zero-order valence-electron chi connectivity index (χ0n) is 18.7. The highest BCUT2D eigenvalue weighted by Crippen LogP contribution is 2.46. The third-order valence-corrected chi connectivity index (χ3v) is 7.58. The Bertz CT molecular complexity index is 1300. The van der Waals surface area contributed by atoms with Gasteiger partial charge in [-0.25, -0.2) is 12.7 Å². The summed E-state index contributed by atoms with van der Waals surface area (Å²) < 4.78 is 33.9. The second-order valence-corrected chi connectivity index (χ2v) is 9.91. The highest BCUT2D eigenvalue weighted by atomic mass is 32.2. The van der Waals surface area contributed by atoms with Crippen LogP contribution in [0, 0.1) is 13.8 Å². The zero-order chi connectivity index (χ0) is 23.8. The maximum atomic E-state index is 13.8. The number of hydrogen-bond acceptors (Lipinski definition) is 5. The van der Waals surface area contributed by atoms with Gasteiger partial charge in [0.1, 0.15) is 5.92 Å². The van der Waals surface area contributed by atoms with Crippen LogP contribution in [0.2, 0.25) is 0 Å². The lowest BCUT2D eigenvalue weighted by Crippen LogP contribution is -2.48. The van der Waals surface area contributed by atoms with Crippen molar-refractivity contribution in [3.8, 4) is 0 Å². The van der Waals surface area contributed by atoms with Crippen LogP contribution in [0.25, 0.3) is 0 Å². The molecule has 0 saturated carbocycles. The molecule has 3 aromatic carbocycles. The van der Waals surface area contributed by atoms with Crippen LogP contribution in [-0.4, -0.2) is 31.2 Å². The van der Waals surface area contributed by atoms with Crippen LogP contribution in [-0.2, 0) is 19.6 Å². The summed E-state index contributed by atoms with van der Waals surface area (Å²) in [7, 11) is -4.28. The summed E-state index contributed by atoms with van der Waals surface area (Å²) in [6, 6.07) is 19.1.